The van der Waals surface area contributed by atoms with Gasteiger partial charge in [-0.25, -0.2) is 13.1 Å². The molecule has 2 aromatic rings. The van der Waals surface area contributed by atoms with Crippen LogP contribution in [-0.2, 0) is 26.1 Å². The fraction of sp³-hybridized carbons (Fsp3) is 0.435. The zero-order valence-electron chi connectivity index (χ0n) is 19.0. The quantitative estimate of drug-likeness (QED) is 0.504. The molecule has 1 heterocycles. The summed E-state index contributed by atoms with van der Waals surface area (Å²) in [6.45, 7) is 3.38. The lowest BCUT2D eigenvalue weighted by molar-refractivity contribution is -0.122. The molecule has 180 valence electrons. The number of hydrogen-bond donors (Lipinski definition) is 2. The van der Waals surface area contributed by atoms with Crippen LogP contribution in [0.2, 0.25) is 0 Å². The predicted octanol–water partition coefficient (Wildman–Crippen LogP) is 1.39. The van der Waals surface area contributed by atoms with Gasteiger partial charge in [-0.1, -0.05) is 30.3 Å². The highest BCUT2D eigenvalue weighted by Gasteiger charge is 2.21. The van der Waals surface area contributed by atoms with Crippen LogP contribution in [0.1, 0.15) is 12.0 Å². The second-order valence-corrected chi connectivity index (χ2v) is 9.45. The molecule has 0 saturated carbocycles. The van der Waals surface area contributed by atoms with Gasteiger partial charge in [0.1, 0.15) is 0 Å². The molecule has 1 fully saturated rings. The zero-order valence-corrected chi connectivity index (χ0v) is 19.8. The van der Waals surface area contributed by atoms with E-state index >= 15 is 0 Å². The van der Waals surface area contributed by atoms with Crippen LogP contribution in [0, 0.1) is 0 Å². The summed E-state index contributed by atoms with van der Waals surface area (Å²) < 4.78 is 43.5. The fourth-order valence-corrected chi connectivity index (χ4v) is 4.62. The number of morpholine rings is 1. The van der Waals surface area contributed by atoms with Crippen molar-refractivity contribution in [3.63, 3.8) is 0 Å². The maximum atomic E-state index is 12.5. The molecule has 9 nitrogen and oxygen atoms in total. The smallest absolute Gasteiger partial charge is 0.240 e. The summed E-state index contributed by atoms with van der Waals surface area (Å²) in [6, 6.07) is 14.5. The number of nitrogens with zero attached hydrogens (tertiary/aromatic N) is 1. The Bertz CT molecular complexity index is 1020. The van der Waals surface area contributed by atoms with E-state index in [0.29, 0.717) is 24.7 Å². The summed E-state index contributed by atoms with van der Waals surface area (Å²) in [6.07, 6.45) is -0.0812. The van der Waals surface area contributed by atoms with Crippen molar-refractivity contribution >= 4 is 15.9 Å². The van der Waals surface area contributed by atoms with Crippen LogP contribution in [0.15, 0.2) is 53.4 Å². The van der Waals surface area contributed by atoms with Crippen LogP contribution >= 0.6 is 0 Å². The van der Waals surface area contributed by atoms with Crippen molar-refractivity contribution in [2.45, 2.75) is 24.0 Å². The molecule has 2 aromatic carbocycles. The number of benzene rings is 2. The Balaban J connectivity index is 1.41. The zero-order chi connectivity index (χ0) is 23.7. The summed E-state index contributed by atoms with van der Waals surface area (Å²) in [4.78, 5) is 14.5. The van der Waals surface area contributed by atoms with Crippen molar-refractivity contribution in [1.82, 2.24) is 14.9 Å². The first kappa shape index (κ1) is 25.0. The van der Waals surface area contributed by atoms with E-state index in [2.05, 4.69) is 27.1 Å². The van der Waals surface area contributed by atoms with Gasteiger partial charge in [0.2, 0.25) is 15.9 Å². The molecule has 1 saturated heterocycles. The largest absolute Gasteiger partial charge is 0.493 e. The van der Waals surface area contributed by atoms with Crippen LogP contribution in [0.5, 0.6) is 11.5 Å². The van der Waals surface area contributed by atoms with Gasteiger partial charge < -0.3 is 19.5 Å². The highest BCUT2D eigenvalue weighted by atomic mass is 32.2. The van der Waals surface area contributed by atoms with Crippen molar-refractivity contribution in [1.29, 1.82) is 0 Å². The molecule has 0 aliphatic carbocycles. The first-order chi connectivity index (χ1) is 15.9. The maximum Gasteiger partial charge on any atom is 0.240 e. The maximum absolute atomic E-state index is 12.5. The number of rotatable bonds is 11. The SMILES string of the molecule is COc1ccc(S(=O)(=O)NCCC(=O)NCC2CN(Cc3ccccc3)CCO2)cc1OC. The van der Waals surface area contributed by atoms with Crippen molar-refractivity contribution in [3.8, 4) is 11.5 Å². The van der Waals surface area contributed by atoms with Gasteiger partial charge in [-0.3, -0.25) is 9.69 Å². The van der Waals surface area contributed by atoms with E-state index in [4.69, 9.17) is 14.2 Å². The lowest BCUT2D eigenvalue weighted by Crippen LogP contribution is -2.47. The molecular weight excluding hydrogens is 446 g/mol. The van der Waals surface area contributed by atoms with Gasteiger partial charge in [0.05, 0.1) is 31.8 Å². The molecular formula is C23H31N3O6S. The fourth-order valence-electron chi connectivity index (χ4n) is 3.57. The van der Waals surface area contributed by atoms with Crippen LogP contribution in [-0.4, -0.2) is 72.3 Å². The molecule has 0 bridgehead atoms. The molecule has 0 radical (unpaired) electrons. The lowest BCUT2D eigenvalue weighted by atomic mass is 10.2. The summed E-state index contributed by atoms with van der Waals surface area (Å²) >= 11 is 0. The Labute approximate surface area is 195 Å². The number of ether oxygens (including phenoxy) is 3. The Morgan fingerprint density at radius 2 is 1.88 bits per heavy atom. The second-order valence-electron chi connectivity index (χ2n) is 7.68. The van der Waals surface area contributed by atoms with E-state index in [1.54, 1.807) is 0 Å². The van der Waals surface area contributed by atoms with Crippen LogP contribution in [0.3, 0.4) is 0 Å². The molecule has 10 heteroatoms. The summed E-state index contributed by atoms with van der Waals surface area (Å²) in [5.41, 5.74) is 1.24. The number of carbonyl (C=O) groups is 1. The number of hydrogen-bond acceptors (Lipinski definition) is 7. The average molecular weight is 478 g/mol. The molecule has 0 aromatic heterocycles. The first-order valence-corrected chi connectivity index (χ1v) is 12.3. The Hall–Kier alpha value is -2.66. The van der Waals surface area contributed by atoms with Crippen molar-refractivity contribution in [2.75, 3.05) is 47.0 Å². The monoisotopic (exact) mass is 477 g/mol. The molecule has 1 atom stereocenters. The number of sulfonamides is 1. The van der Waals surface area contributed by atoms with E-state index in [0.717, 1.165) is 19.6 Å². The topological polar surface area (TPSA) is 106 Å². The van der Waals surface area contributed by atoms with E-state index in [9.17, 15) is 13.2 Å². The van der Waals surface area contributed by atoms with Gasteiger partial charge in [0.15, 0.2) is 11.5 Å². The summed E-state index contributed by atoms with van der Waals surface area (Å²) in [5.74, 6) is 0.504. The second kappa shape index (κ2) is 12.0. The van der Waals surface area contributed by atoms with Gasteiger partial charge in [0, 0.05) is 45.2 Å². The molecule has 1 amide bonds. The predicted molar refractivity (Wildman–Crippen MR) is 124 cm³/mol. The molecule has 1 aliphatic rings. The normalized spacial score (nSPS) is 16.8. The molecule has 1 unspecified atom stereocenters. The van der Waals surface area contributed by atoms with Crippen molar-refractivity contribution < 1.29 is 27.4 Å². The highest BCUT2D eigenvalue weighted by Crippen LogP contribution is 2.29. The van der Waals surface area contributed by atoms with E-state index in [1.807, 2.05) is 18.2 Å². The molecule has 0 spiro atoms. The third-order valence-electron chi connectivity index (χ3n) is 5.31. The average Bonchev–Trinajstić information content (AvgIpc) is 2.83. The summed E-state index contributed by atoms with van der Waals surface area (Å²) in [5, 5.41) is 2.83. The third kappa shape index (κ3) is 7.43. The third-order valence-corrected chi connectivity index (χ3v) is 6.77. The number of nitrogens with one attached hydrogen (secondary N) is 2. The van der Waals surface area contributed by atoms with Gasteiger partial charge in [-0.2, -0.15) is 0 Å². The molecule has 33 heavy (non-hydrogen) atoms. The molecule has 1 aliphatic heterocycles. The van der Waals surface area contributed by atoms with Gasteiger partial charge >= 0.3 is 0 Å². The van der Waals surface area contributed by atoms with Crippen molar-refractivity contribution in [2.24, 2.45) is 0 Å². The first-order valence-electron chi connectivity index (χ1n) is 10.8. The van der Waals surface area contributed by atoms with E-state index in [-0.39, 0.29) is 29.9 Å². The summed E-state index contributed by atoms with van der Waals surface area (Å²) in [7, 11) is -0.875. The number of methoxy groups -OCH3 is 2. The Morgan fingerprint density at radius 1 is 1.12 bits per heavy atom. The Morgan fingerprint density at radius 3 is 2.61 bits per heavy atom. The Kier molecular flexibility index (Phi) is 9.07. The number of carbonyl (C=O) groups excluding carboxylic acids is 1. The van der Waals surface area contributed by atoms with Crippen molar-refractivity contribution in [3.05, 3.63) is 54.1 Å². The minimum atomic E-state index is -3.78. The van der Waals surface area contributed by atoms with Crippen LogP contribution in [0.4, 0.5) is 0 Å². The van der Waals surface area contributed by atoms with E-state index < -0.39 is 10.0 Å². The van der Waals surface area contributed by atoms with Gasteiger partial charge in [-0.05, 0) is 17.7 Å². The van der Waals surface area contributed by atoms with Gasteiger partial charge in [0.25, 0.3) is 0 Å². The minimum absolute atomic E-state index is 0.0197. The molecule has 2 N–H and O–H groups in total. The van der Waals surface area contributed by atoms with Gasteiger partial charge in [-0.15, -0.1) is 0 Å². The highest BCUT2D eigenvalue weighted by molar-refractivity contribution is 7.89. The standard InChI is InChI=1S/C23H31N3O6S/c1-30-21-9-8-20(14-22(21)31-2)33(28,29)25-11-10-23(27)24-15-19-17-26(12-13-32-19)16-18-6-4-3-5-7-18/h3-9,14,19,25H,10-13,15-17H2,1-2H3,(H,24,27). The van der Waals surface area contributed by atoms with Crippen LogP contribution < -0.4 is 19.5 Å². The van der Waals surface area contributed by atoms with Crippen LogP contribution in [0.25, 0.3) is 0 Å². The molecule has 3 rings (SSSR count). The van der Waals surface area contributed by atoms with E-state index in [1.165, 1.54) is 38.0 Å². The number of amides is 1. The lowest BCUT2D eigenvalue weighted by Gasteiger charge is -2.33. The minimum Gasteiger partial charge on any atom is -0.493 e.